The number of pyridine rings is 1. The minimum atomic E-state index is -0.501. The van der Waals surface area contributed by atoms with E-state index in [0.29, 0.717) is 17.8 Å². The number of nitrogens with one attached hydrogen (secondary N) is 2. The zero-order valence-corrected chi connectivity index (χ0v) is 25.0. The Hall–Kier alpha value is -3.95. The van der Waals surface area contributed by atoms with Crippen LogP contribution in [0.4, 0.5) is 16.2 Å². The van der Waals surface area contributed by atoms with Gasteiger partial charge in [-0.3, -0.25) is 14.7 Å². The number of piperazine rings is 1. The zero-order valence-electron chi connectivity index (χ0n) is 25.0. The van der Waals surface area contributed by atoms with Crippen LogP contribution in [0.2, 0.25) is 0 Å². The summed E-state index contributed by atoms with van der Waals surface area (Å²) in [5, 5.41) is 5.79. The van der Waals surface area contributed by atoms with E-state index in [0.717, 1.165) is 61.5 Å². The van der Waals surface area contributed by atoms with Gasteiger partial charge < -0.3 is 25.0 Å². The highest BCUT2D eigenvalue weighted by Gasteiger charge is 2.23. The first kappa shape index (κ1) is 31.0. The fourth-order valence-electron chi connectivity index (χ4n) is 5.04. The number of anilines is 2. The highest BCUT2D eigenvalue weighted by molar-refractivity contribution is 6.08. The first-order valence-corrected chi connectivity index (χ1v) is 14.8. The lowest BCUT2D eigenvalue weighted by atomic mass is 10.1. The molecule has 1 aliphatic heterocycles. The highest BCUT2D eigenvalue weighted by Crippen LogP contribution is 2.25. The second-order valence-corrected chi connectivity index (χ2v) is 10.8. The predicted octanol–water partition coefficient (Wildman–Crippen LogP) is 5.40. The lowest BCUT2D eigenvalue weighted by Crippen LogP contribution is -2.49. The van der Waals surface area contributed by atoms with Crippen LogP contribution in [0.25, 0.3) is 0 Å². The number of carbonyl (C=O) groups is 2. The Morgan fingerprint density at radius 1 is 1.02 bits per heavy atom. The van der Waals surface area contributed by atoms with Gasteiger partial charge >= 0.3 is 6.09 Å². The van der Waals surface area contributed by atoms with Gasteiger partial charge in [-0.15, -0.1) is 0 Å². The molecule has 1 aliphatic rings. The number of unbranched alkanes of at least 4 members (excludes halogenated alkanes) is 1. The van der Waals surface area contributed by atoms with Gasteiger partial charge in [0.2, 0.25) is 0 Å². The van der Waals surface area contributed by atoms with Gasteiger partial charge in [0.15, 0.2) is 0 Å². The van der Waals surface area contributed by atoms with E-state index in [1.807, 2.05) is 43.3 Å². The summed E-state index contributed by atoms with van der Waals surface area (Å²) in [4.78, 5) is 34.2. The number of aromatic nitrogens is 1. The van der Waals surface area contributed by atoms with Crippen molar-refractivity contribution in [2.45, 2.75) is 52.4 Å². The van der Waals surface area contributed by atoms with Crippen molar-refractivity contribution in [3.05, 3.63) is 89.2 Å². The van der Waals surface area contributed by atoms with Crippen molar-refractivity contribution in [1.29, 1.82) is 0 Å². The predicted molar refractivity (Wildman–Crippen MR) is 166 cm³/mol. The van der Waals surface area contributed by atoms with Crippen molar-refractivity contribution in [2.75, 3.05) is 50.1 Å². The number of rotatable bonds is 13. The smallest absolute Gasteiger partial charge is 0.407 e. The largest absolute Gasteiger partial charge is 0.445 e. The molecule has 224 valence electrons. The standard InChI is InChI=1S/C33H43N5O4/c1-4-5-8-29(41-3)23-37-16-18-38(19-17-37)31-14-9-25(2)20-30(31)32(39)36-28-12-10-26(11-13-28)22-35-33(40)42-24-27-7-6-15-34-21-27/h6-7,9-15,20-21,29H,4-5,8,16-19,22-24H2,1-3H3,(H,35,40)(H,36,39). The second kappa shape index (κ2) is 15.9. The Labute approximate surface area is 249 Å². The number of benzene rings is 2. The molecule has 2 aromatic carbocycles. The normalized spacial score (nSPS) is 14.3. The number of hydrogen-bond donors (Lipinski definition) is 2. The molecule has 0 spiro atoms. The van der Waals surface area contributed by atoms with Gasteiger partial charge in [0, 0.05) is 75.7 Å². The van der Waals surface area contributed by atoms with Crippen LogP contribution in [0.15, 0.2) is 67.0 Å². The monoisotopic (exact) mass is 573 g/mol. The summed E-state index contributed by atoms with van der Waals surface area (Å²) in [6, 6.07) is 17.2. The molecule has 1 atom stereocenters. The summed E-state index contributed by atoms with van der Waals surface area (Å²) in [5.74, 6) is -0.139. The van der Waals surface area contributed by atoms with Crippen molar-refractivity contribution in [3.8, 4) is 0 Å². The molecule has 2 N–H and O–H groups in total. The first-order valence-electron chi connectivity index (χ1n) is 14.8. The van der Waals surface area contributed by atoms with Crippen LogP contribution in [0.5, 0.6) is 0 Å². The van der Waals surface area contributed by atoms with Gasteiger partial charge in [-0.25, -0.2) is 4.79 Å². The first-order chi connectivity index (χ1) is 20.4. The maximum absolute atomic E-state index is 13.4. The molecule has 9 heteroatoms. The summed E-state index contributed by atoms with van der Waals surface area (Å²) >= 11 is 0. The van der Waals surface area contributed by atoms with E-state index in [1.54, 1.807) is 25.6 Å². The van der Waals surface area contributed by atoms with E-state index < -0.39 is 6.09 Å². The van der Waals surface area contributed by atoms with Gasteiger partial charge in [0.25, 0.3) is 5.91 Å². The Bertz CT molecular complexity index is 1280. The fourth-order valence-corrected chi connectivity index (χ4v) is 5.04. The average Bonchev–Trinajstić information content (AvgIpc) is 3.02. The lowest BCUT2D eigenvalue weighted by Gasteiger charge is -2.38. The maximum Gasteiger partial charge on any atom is 0.407 e. The van der Waals surface area contributed by atoms with Crippen LogP contribution >= 0.6 is 0 Å². The van der Waals surface area contributed by atoms with Crippen molar-refractivity contribution in [1.82, 2.24) is 15.2 Å². The van der Waals surface area contributed by atoms with E-state index >= 15 is 0 Å². The van der Waals surface area contributed by atoms with Crippen molar-refractivity contribution >= 4 is 23.4 Å². The third-order valence-corrected chi connectivity index (χ3v) is 7.53. The van der Waals surface area contributed by atoms with Gasteiger partial charge in [-0.2, -0.15) is 0 Å². The molecule has 9 nitrogen and oxygen atoms in total. The van der Waals surface area contributed by atoms with Crippen LogP contribution in [-0.4, -0.2) is 67.8 Å². The van der Waals surface area contributed by atoms with E-state index in [9.17, 15) is 9.59 Å². The van der Waals surface area contributed by atoms with Crippen LogP contribution in [-0.2, 0) is 22.6 Å². The third-order valence-electron chi connectivity index (χ3n) is 7.53. The Balaban J connectivity index is 1.29. The van der Waals surface area contributed by atoms with Crippen LogP contribution in [0.1, 0.15) is 53.2 Å². The number of carbonyl (C=O) groups excluding carboxylic acids is 2. The molecule has 0 radical (unpaired) electrons. The molecule has 2 heterocycles. The molecule has 1 saturated heterocycles. The number of alkyl carbamates (subject to hydrolysis) is 1. The second-order valence-electron chi connectivity index (χ2n) is 10.8. The number of nitrogens with zero attached hydrogens (tertiary/aromatic N) is 3. The van der Waals surface area contributed by atoms with Crippen LogP contribution in [0.3, 0.4) is 0 Å². The molecule has 42 heavy (non-hydrogen) atoms. The van der Waals surface area contributed by atoms with Gasteiger partial charge in [0.05, 0.1) is 11.7 Å². The third kappa shape index (κ3) is 9.29. The Morgan fingerprint density at radius 3 is 2.50 bits per heavy atom. The molecular weight excluding hydrogens is 530 g/mol. The number of methoxy groups -OCH3 is 1. The molecule has 1 aromatic heterocycles. The zero-order chi connectivity index (χ0) is 29.7. The molecule has 0 bridgehead atoms. The van der Waals surface area contributed by atoms with E-state index in [4.69, 9.17) is 9.47 Å². The minimum Gasteiger partial charge on any atom is -0.445 e. The van der Waals surface area contributed by atoms with Gasteiger partial charge in [-0.1, -0.05) is 49.6 Å². The molecule has 4 rings (SSSR count). The Morgan fingerprint density at radius 2 is 1.81 bits per heavy atom. The number of hydrogen-bond acceptors (Lipinski definition) is 7. The SMILES string of the molecule is CCCCC(CN1CCN(c2ccc(C)cc2C(=O)Nc2ccc(CNC(=O)OCc3cccnc3)cc2)CC1)OC. The fraction of sp³-hybridized carbons (Fsp3) is 0.424. The molecule has 1 unspecified atom stereocenters. The summed E-state index contributed by atoms with van der Waals surface area (Å²) in [7, 11) is 1.81. The summed E-state index contributed by atoms with van der Waals surface area (Å²) in [6.07, 6.45) is 6.55. The lowest BCUT2D eigenvalue weighted by molar-refractivity contribution is 0.0546. The van der Waals surface area contributed by atoms with Crippen LogP contribution in [0, 0.1) is 6.92 Å². The van der Waals surface area contributed by atoms with E-state index in [2.05, 4.69) is 44.5 Å². The van der Waals surface area contributed by atoms with Gasteiger partial charge in [-0.05, 0) is 49.2 Å². The number of aryl methyl sites for hydroxylation is 1. The Kier molecular flexibility index (Phi) is 11.7. The van der Waals surface area contributed by atoms with E-state index in [-0.39, 0.29) is 18.6 Å². The van der Waals surface area contributed by atoms with Gasteiger partial charge in [0.1, 0.15) is 6.61 Å². The van der Waals surface area contributed by atoms with E-state index in [1.165, 1.54) is 12.8 Å². The molecule has 3 aromatic rings. The molecule has 0 aliphatic carbocycles. The maximum atomic E-state index is 13.4. The van der Waals surface area contributed by atoms with Crippen molar-refractivity contribution < 1.29 is 19.1 Å². The molecule has 1 fully saturated rings. The molecule has 0 saturated carbocycles. The molecule has 2 amide bonds. The topological polar surface area (TPSA) is 96.0 Å². The molecular formula is C33H43N5O4. The highest BCUT2D eigenvalue weighted by atomic mass is 16.5. The minimum absolute atomic E-state index is 0.139. The number of ether oxygens (including phenoxy) is 2. The van der Waals surface area contributed by atoms with Crippen molar-refractivity contribution in [2.24, 2.45) is 0 Å². The summed E-state index contributed by atoms with van der Waals surface area (Å²) in [5.41, 5.74) is 5.08. The number of amides is 2. The average molecular weight is 574 g/mol. The quantitative estimate of drug-likeness (QED) is 0.283. The summed E-state index contributed by atoms with van der Waals surface area (Å²) < 4.78 is 10.9. The van der Waals surface area contributed by atoms with Crippen molar-refractivity contribution in [3.63, 3.8) is 0 Å². The van der Waals surface area contributed by atoms with Crippen LogP contribution < -0.4 is 15.5 Å². The summed E-state index contributed by atoms with van der Waals surface area (Å²) in [6.45, 7) is 9.24.